The van der Waals surface area contributed by atoms with E-state index < -0.39 is 0 Å². The van der Waals surface area contributed by atoms with E-state index in [0.717, 1.165) is 104 Å². The molecule has 0 radical (unpaired) electrons. The molecule has 224 valence electrons. The van der Waals surface area contributed by atoms with Gasteiger partial charge in [-0.15, -0.1) is 0 Å². The third kappa shape index (κ3) is 3.49. The maximum Gasteiger partial charge on any atom is 0.159 e. The Morgan fingerprint density at radius 2 is 0.917 bits per heavy atom. The number of anilines is 3. The molecule has 0 bridgehead atoms. The predicted octanol–water partition coefficient (Wildman–Crippen LogP) is 13.2. The highest BCUT2D eigenvalue weighted by atomic mass is 16.3. The van der Waals surface area contributed by atoms with Crippen LogP contribution in [0.25, 0.3) is 87.4 Å². The molecule has 3 heterocycles. The highest BCUT2D eigenvalue weighted by Crippen LogP contribution is 2.48. The molecule has 0 amide bonds. The first kappa shape index (κ1) is 25.6. The molecule has 11 aromatic rings. The Hall–Kier alpha value is -6.52. The van der Waals surface area contributed by atoms with Gasteiger partial charge in [0.2, 0.25) is 0 Å². The highest BCUT2D eigenvalue weighted by molar-refractivity contribution is 6.20. The zero-order chi connectivity index (χ0) is 31.3. The molecule has 0 saturated carbocycles. The van der Waals surface area contributed by atoms with Gasteiger partial charge in [-0.05, 0) is 59.3 Å². The average Bonchev–Trinajstić information content (AvgIpc) is 3.84. The topological polar surface area (TPSA) is 42.7 Å². The summed E-state index contributed by atoms with van der Waals surface area (Å²) < 4.78 is 20.0. The summed E-state index contributed by atoms with van der Waals surface area (Å²) >= 11 is 0. The van der Waals surface area contributed by atoms with Crippen molar-refractivity contribution in [2.75, 3.05) is 4.90 Å². The number of furan rings is 3. The fourth-order valence-corrected chi connectivity index (χ4v) is 7.67. The van der Waals surface area contributed by atoms with E-state index in [2.05, 4.69) is 138 Å². The first-order chi connectivity index (χ1) is 23.8. The minimum Gasteiger partial charge on any atom is -0.456 e. The van der Waals surface area contributed by atoms with Crippen LogP contribution in [0.3, 0.4) is 0 Å². The van der Waals surface area contributed by atoms with Crippen molar-refractivity contribution in [3.8, 4) is 0 Å². The molecule has 0 saturated heterocycles. The Labute approximate surface area is 273 Å². The van der Waals surface area contributed by atoms with Crippen LogP contribution in [0.4, 0.5) is 17.1 Å². The van der Waals surface area contributed by atoms with Gasteiger partial charge >= 0.3 is 0 Å². The van der Waals surface area contributed by atoms with Crippen LogP contribution in [-0.2, 0) is 0 Å². The number of hydrogen-bond donors (Lipinski definition) is 0. The first-order valence-electron chi connectivity index (χ1n) is 16.2. The molecule has 0 aliphatic rings. The molecule has 11 rings (SSSR count). The van der Waals surface area contributed by atoms with Crippen molar-refractivity contribution in [2.24, 2.45) is 0 Å². The van der Waals surface area contributed by atoms with Gasteiger partial charge in [0.25, 0.3) is 0 Å². The summed E-state index contributed by atoms with van der Waals surface area (Å²) in [6, 6.07) is 52.9. The first-order valence-corrected chi connectivity index (χ1v) is 16.2. The predicted molar refractivity (Wildman–Crippen MR) is 198 cm³/mol. The molecule has 8 aromatic carbocycles. The van der Waals surface area contributed by atoms with E-state index in [-0.39, 0.29) is 0 Å². The van der Waals surface area contributed by atoms with Gasteiger partial charge in [-0.1, -0.05) is 97.1 Å². The molecule has 0 aliphatic heterocycles. The molecule has 0 fully saturated rings. The van der Waals surface area contributed by atoms with Gasteiger partial charge in [-0.2, -0.15) is 0 Å². The minimum absolute atomic E-state index is 0.823. The Bertz CT molecular complexity index is 3090. The normalized spacial score (nSPS) is 12.2. The molecular formula is C44H25NO3. The van der Waals surface area contributed by atoms with Crippen LogP contribution >= 0.6 is 0 Å². The van der Waals surface area contributed by atoms with Gasteiger partial charge in [0.05, 0.1) is 22.4 Å². The standard InChI is InChI=1S/C44H25NO3/c1-3-11-29-26(9-1)19-22-33-31-24-21-28(25-40(31)47-42(29)33)45(36-15-8-18-39-41(36)35-13-5-6-17-38(35)46-39)37-16-7-14-32-34-23-20-27-10-2-4-12-30(27)43(34)48-44(32)37/h1-25H. The lowest BCUT2D eigenvalue weighted by molar-refractivity contribution is 0.668. The van der Waals surface area contributed by atoms with Crippen LogP contribution in [0.2, 0.25) is 0 Å². The van der Waals surface area contributed by atoms with Crippen molar-refractivity contribution in [1.82, 2.24) is 0 Å². The van der Waals surface area contributed by atoms with Crippen molar-refractivity contribution in [3.05, 3.63) is 152 Å². The Morgan fingerprint density at radius 3 is 1.73 bits per heavy atom. The largest absolute Gasteiger partial charge is 0.456 e. The fourth-order valence-electron chi connectivity index (χ4n) is 7.67. The SMILES string of the molecule is c1ccc2c(c1)ccc1c3ccc(N(c4cccc5c4oc4c6ccccc6ccc54)c4cccc5oc6ccccc6c45)cc3oc21. The highest BCUT2D eigenvalue weighted by Gasteiger charge is 2.24. The molecule has 3 aromatic heterocycles. The summed E-state index contributed by atoms with van der Waals surface area (Å²) in [4.78, 5) is 2.29. The molecule has 0 N–H and O–H groups in total. The summed E-state index contributed by atoms with van der Waals surface area (Å²) in [6.07, 6.45) is 0. The second-order valence-corrected chi connectivity index (χ2v) is 12.4. The molecule has 4 nitrogen and oxygen atoms in total. The smallest absolute Gasteiger partial charge is 0.159 e. The lowest BCUT2D eigenvalue weighted by Crippen LogP contribution is -2.10. The number of rotatable bonds is 3. The van der Waals surface area contributed by atoms with Crippen molar-refractivity contribution in [2.45, 2.75) is 0 Å². The average molecular weight is 616 g/mol. The summed E-state index contributed by atoms with van der Waals surface area (Å²) in [5.41, 5.74) is 8.03. The van der Waals surface area contributed by atoms with Crippen LogP contribution < -0.4 is 4.90 Å². The van der Waals surface area contributed by atoms with Crippen LogP contribution in [0.5, 0.6) is 0 Å². The summed E-state index contributed by atoms with van der Waals surface area (Å²) in [5, 5.41) is 11.0. The fraction of sp³-hybridized carbons (Fsp3) is 0. The summed E-state index contributed by atoms with van der Waals surface area (Å²) in [6.45, 7) is 0. The van der Waals surface area contributed by atoms with Gasteiger partial charge in [0.1, 0.15) is 27.9 Å². The van der Waals surface area contributed by atoms with Crippen LogP contribution in [0, 0.1) is 0 Å². The van der Waals surface area contributed by atoms with Crippen LogP contribution in [-0.4, -0.2) is 0 Å². The molecule has 4 heteroatoms. The van der Waals surface area contributed by atoms with Crippen molar-refractivity contribution in [1.29, 1.82) is 0 Å². The maximum atomic E-state index is 6.90. The van der Waals surface area contributed by atoms with Crippen LogP contribution in [0.1, 0.15) is 0 Å². The Balaban J connectivity index is 1.24. The quantitative estimate of drug-likeness (QED) is 0.198. The molecule has 0 atom stereocenters. The van der Waals surface area contributed by atoms with E-state index in [4.69, 9.17) is 13.3 Å². The van der Waals surface area contributed by atoms with Gasteiger partial charge in [0.15, 0.2) is 5.58 Å². The molecule has 0 spiro atoms. The van der Waals surface area contributed by atoms with E-state index >= 15 is 0 Å². The summed E-state index contributed by atoms with van der Waals surface area (Å²) in [5.74, 6) is 0. The van der Waals surface area contributed by atoms with E-state index in [0.29, 0.717) is 0 Å². The Kier molecular flexibility index (Phi) is 5.08. The van der Waals surface area contributed by atoms with Gasteiger partial charge in [0, 0.05) is 43.8 Å². The lowest BCUT2D eigenvalue weighted by atomic mass is 10.0. The van der Waals surface area contributed by atoms with E-state index in [1.807, 2.05) is 18.2 Å². The monoisotopic (exact) mass is 615 g/mol. The number of fused-ring (bicyclic) bond motifs is 13. The third-order valence-corrected chi connectivity index (χ3v) is 9.84. The van der Waals surface area contributed by atoms with E-state index in [1.165, 1.54) is 0 Å². The second-order valence-electron chi connectivity index (χ2n) is 12.4. The minimum atomic E-state index is 0.823. The van der Waals surface area contributed by atoms with Crippen molar-refractivity contribution in [3.63, 3.8) is 0 Å². The van der Waals surface area contributed by atoms with E-state index in [1.54, 1.807) is 0 Å². The number of benzene rings is 8. The molecular weight excluding hydrogens is 590 g/mol. The maximum absolute atomic E-state index is 6.90. The second kappa shape index (κ2) is 9.50. The van der Waals surface area contributed by atoms with Crippen molar-refractivity contribution >= 4 is 104 Å². The lowest BCUT2D eigenvalue weighted by Gasteiger charge is -2.26. The molecule has 48 heavy (non-hydrogen) atoms. The van der Waals surface area contributed by atoms with Gasteiger partial charge in [-0.3, -0.25) is 0 Å². The zero-order valence-electron chi connectivity index (χ0n) is 25.6. The van der Waals surface area contributed by atoms with Crippen molar-refractivity contribution < 1.29 is 13.3 Å². The summed E-state index contributed by atoms with van der Waals surface area (Å²) in [7, 11) is 0. The van der Waals surface area contributed by atoms with Gasteiger partial charge < -0.3 is 18.2 Å². The van der Waals surface area contributed by atoms with Crippen LogP contribution in [0.15, 0.2) is 165 Å². The number of nitrogens with zero attached hydrogens (tertiary/aromatic N) is 1. The number of para-hydroxylation sites is 2. The third-order valence-electron chi connectivity index (χ3n) is 9.84. The molecule has 0 unspecified atom stereocenters. The zero-order valence-corrected chi connectivity index (χ0v) is 25.6. The van der Waals surface area contributed by atoms with Gasteiger partial charge in [-0.25, -0.2) is 0 Å². The Morgan fingerprint density at radius 1 is 0.333 bits per heavy atom. The number of hydrogen-bond acceptors (Lipinski definition) is 4. The molecule has 0 aliphatic carbocycles. The van der Waals surface area contributed by atoms with E-state index in [9.17, 15) is 0 Å².